The Labute approximate surface area is 109 Å². The van der Waals surface area contributed by atoms with Crippen molar-refractivity contribution < 1.29 is 9.53 Å². The summed E-state index contributed by atoms with van der Waals surface area (Å²) < 4.78 is 6.29. The van der Waals surface area contributed by atoms with Crippen molar-refractivity contribution in [2.24, 2.45) is 0 Å². The van der Waals surface area contributed by atoms with Gasteiger partial charge in [-0.3, -0.25) is 4.79 Å². The molecule has 18 heavy (non-hydrogen) atoms. The molecule has 0 amide bonds. The zero-order valence-corrected chi connectivity index (χ0v) is 10.4. The number of ether oxygens (including phenoxy) is 1. The second-order valence-corrected chi connectivity index (χ2v) is 3.91. The molecular formula is C12H10ClN3O2. The molecule has 0 fully saturated rings. The molecule has 5 nitrogen and oxygen atoms in total. The highest BCUT2D eigenvalue weighted by molar-refractivity contribution is 6.16. The third-order valence-corrected chi connectivity index (χ3v) is 2.83. The SMILES string of the molecule is COC(=O)Cn1c(CCl)nc2ccc(C#N)cc21. The average Bonchev–Trinajstić information content (AvgIpc) is 2.75. The lowest BCUT2D eigenvalue weighted by Crippen LogP contribution is -2.13. The highest BCUT2D eigenvalue weighted by Crippen LogP contribution is 2.19. The zero-order valence-electron chi connectivity index (χ0n) is 9.68. The predicted molar refractivity (Wildman–Crippen MR) is 66.0 cm³/mol. The number of halogens is 1. The maximum Gasteiger partial charge on any atom is 0.325 e. The molecule has 0 aliphatic heterocycles. The lowest BCUT2D eigenvalue weighted by atomic mass is 10.2. The number of hydrogen-bond donors (Lipinski definition) is 0. The summed E-state index contributed by atoms with van der Waals surface area (Å²) in [5.74, 6) is 0.378. The molecule has 0 spiro atoms. The van der Waals surface area contributed by atoms with Crippen LogP contribution in [0.15, 0.2) is 18.2 Å². The Hall–Kier alpha value is -2.06. The zero-order chi connectivity index (χ0) is 13.1. The number of rotatable bonds is 3. The smallest absolute Gasteiger partial charge is 0.325 e. The van der Waals surface area contributed by atoms with E-state index in [4.69, 9.17) is 16.9 Å². The van der Waals surface area contributed by atoms with E-state index < -0.39 is 0 Å². The van der Waals surface area contributed by atoms with Gasteiger partial charge in [-0.05, 0) is 18.2 Å². The average molecular weight is 264 g/mol. The number of methoxy groups -OCH3 is 1. The molecule has 0 aliphatic carbocycles. The van der Waals surface area contributed by atoms with Crippen molar-refractivity contribution in [1.29, 1.82) is 5.26 Å². The fraction of sp³-hybridized carbons (Fsp3) is 0.250. The van der Waals surface area contributed by atoms with Crippen molar-refractivity contribution in [3.05, 3.63) is 29.6 Å². The molecule has 0 radical (unpaired) electrons. The first-order chi connectivity index (χ1) is 8.69. The summed E-state index contributed by atoms with van der Waals surface area (Å²) in [4.78, 5) is 15.7. The van der Waals surface area contributed by atoms with Crippen molar-refractivity contribution in [2.75, 3.05) is 7.11 Å². The summed E-state index contributed by atoms with van der Waals surface area (Å²) in [5.41, 5.74) is 1.92. The molecule has 0 atom stereocenters. The molecule has 1 aromatic heterocycles. The lowest BCUT2D eigenvalue weighted by molar-refractivity contribution is -0.141. The van der Waals surface area contributed by atoms with Crippen LogP contribution >= 0.6 is 11.6 Å². The minimum atomic E-state index is -0.386. The fourth-order valence-corrected chi connectivity index (χ4v) is 1.92. The third kappa shape index (κ3) is 2.15. The number of imidazole rings is 1. The van der Waals surface area contributed by atoms with Gasteiger partial charge in [0.2, 0.25) is 0 Å². The van der Waals surface area contributed by atoms with Crippen LogP contribution in [0.3, 0.4) is 0 Å². The summed E-state index contributed by atoms with van der Waals surface area (Å²) >= 11 is 5.80. The van der Waals surface area contributed by atoms with E-state index in [-0.39, 0.29) is 18.4 Å². The Morgan fingerprint density at radius 1 is 1.61 bits per heavy atom. The fourth-order valence-electron chi connectivity index (χ4n) is 1.71. The molecule has 1 heterocycles. The van der Waals surface area contributed by atoms with E-state index >= 15 is 0 Å². The lowest BCUT2D eigenvalue weighted by Gasteiger charge is -2.05. The quantitative estimate of drug-likeness (QED) is 0.626. The van der Waals surface area contributed by atoms with Crippen LogP contribution in [0.1, 0.15) is 11.4 Å². The number of benzene rings is 1. The molecule has 0 saturated heterocycles. The van der Waals surface area contributed by atoms with E-state index in [1.54, 1.807) is 22.8 Å². The maximum atomic E-state index is 11.4. The Balaban J connectivity index is 2.59. The summed E-state index contributed by atoms with van der Waals surface area (Å²) in [5, 5.41) is 8.88. The van der Waals surface area contributed by atoms with Gasteiger partial charge in [0.1, 0.15) is 12.4 Å². The van der Waals surface area contributed by atoms with Crippen LogP contribution in [0.25, 0.3) is 11.0 Å². The van der Waals surface area contributed by atoms with Gasteiger partial charge in [-0.15, -0.1) is 11.6 Å². The van der Waals surface area contributed by atoms with Gasteiger partial charge in [0.25, 0.3) is 0 Å². The van der Waals surface area contributed by atoms with E-state index in [9.17, 15) is 4.79 Å². The van der Waals surface area contributed by atoms with E-state index in [1.807, 2.05) is 0 Å². The predicted octanol–water partition coefficient (Wildman–Crippen LogP) is 1.82. The number of fused-ring (bicyclic) bond motifs is 1. The first-order valence-corrected chi connectivity index (χ1v) is 5.75. The summed E-state index contributed by atoms with van der Waals surface area (Å²) in [7, 11) is 1.32. The second kappa shape index (κ2) is 5.07. The van der Waals surface area contributed by atoms with Crippen molar-refractivity contribution >= 4 is 28.6 Å². The van der Waals surface area contributed by atoms with Gasteiger partial charge in [-0.25, -0.2) is 4.98 Å². The largest absolute Gasteiger partial charge is 0.468 e. The van der Waals surface area contributed by atoms with E-state index in [0.29, 0.717) is 22.4 Å². The number of nitrogens with zero attached hydrogens (tertiary/aromatic N) is 3. The van der Waals surface area contributed by atoms with Crippen LogP contribution in [0, 0.1) is 11.3 Å². The summed E-state index contributed by atoms with van der Waals surface area (Å²) in [6, 6.07) is 7.14. The minimum Gasteiger partial charge on any atom is -0.468 e. The Bertz CT molecular complexity index is 643. The summed E-state index contributed by atoms with van der Waals surface area (Å²) in [6.07, 6.45) is 0. The first-order valence-electron chi connectivity index (χ1n) is 5.21. The number of hydrogen-bond acceptors (Lipinski definition) is 4. The van der Waals surface area contributed by atoms with Crippen LogP contribution in [0.2, 0.25) is 0 Å². The molecule has 0 bridgehead atoms. The number of nitriles is 1. The van der Waals surface area contributed by atoms with Crippen molar-refractivity contribution in [3.8, 4) is 6.07 Å². The Morgan fingerprint density at radius 3 is 3.00 bits per heavy atom. The highest BCUT2D eigenvalue weighted by atomic mass is 35.5. The van der Waals surface area contributed by atoms with Crippen LogP contribution in [-0.2, 0) is 22.0 Å². The highest BCUT2D eigenvalue weighted by Gasteiger charge is 2.13. The number of carbonyl (C=O) groups excluding carboxylic acids is 1. The minimum absolute atomic E-state index is 0.0317. The van der Waals surface area contributed by atoms with Crippen LogP contribution in [-0.4, -0.2) is 22.6 Å². The topological polar surface area (TPSA) is 67.9 Å². The molecule has 0 N–H and O–H groups in total. The van der Waals surface area contributed by atoms with Gasteiger partial charge >= 0.3 is 5.97 Å². The van der Waals surface area contributed by atoms with Gasteiger partial charge in [0.15, 0.2) is 0 Å². The van der Waals surface area contributed by atoms with E-state index in [2.05, 4.69) is 15.8 Å². The van der Waals surface area contributed by atoms with E-state index in [0.717, 1.165) is 0 Å². The maximum absolute atomic E-state index is 11.4. The second-order valence-electron chi connectivity index (χ2n) is 3.64. The molecule has 2 rings (SSSR count). The summed E-state index contributed by atoms with van der Waals surface area (Å²) in [6.45, 7) is 0.0317. The van der Waals surface area contributed by atoms with E-state index in [1.165, 1.54) is 7.11 Å². The molecular weight excluding hydrogens is 254 g/mol. The first kappa shape index (κ1) is 12.4. The standard InChI is InChI=1S/C12H10ClN3O2/c1-18-12(17)7-16-10-4-8(6-14)2-3-9(10)15-11(16)5-13/h2-4H,5,7H2,1H3. The van der Waals surface area contributed by atoms with Crippen molar-refractivity contribution in [2.45, 2.75) is 12.4 Å². The van der Waals surface area contributed by atoms with Gasteiger partial charge < -0.3 is 9.30 Å². The van der Waals surface area contributed by atoms with Crippen molar-refractivity contribution in [3.63, 3.8) is 0 Å². The van der Waals surface area contributed by atoms with Crippen LogP contribution in [0.5, 0.6) is 0 Å². The molecule has 92 valence electrons. The molecule has 0 aliphatic rings. The van der Waals surface area contributed by atoms with Crippen molar-refractivity contribution in [1.82, 2.24) is 9.55 Å². The molecule has 0 unspecified atom stereocenters. The number of carbonyl (C=O) groups is 1. The molecule has 1 aromatic carbocycles. The molecule has 2 aromatic rings. The third-order valence-electron chi connectivity index (χ3n) is 2.59. The van der Waals surface area contributed by atoms with Gasteiger partial charge in [-0.1, -0.05) is 0 Å². The van der Waals surface area contributed by atoms with Gasteiger partial charge in [0, 0.05) is 0 Å². The van der Waals surface area contributed by atoms with Crippen LogP contribution in [0.4, 0.5) is 0 Å². The normalized spacial score (nSPS) is 10.3. The monoisotopic (exact) mass is 263 g/mol. The Kier molecular flexibility index (Phi) is 3.49. The molecule has 0 saturated carbocycles. The van der Waals surface area contributed by atoms with Crippen LogP contribution < -0.4 is 0 Å². The number of aromatic nitrogens is 2. The van der Waals surface area contributed by atoms with Gasteiger partial charge in [0.05, 0.1) is 35.7 Å². The Morgan fingerprint density at radius 2 is 2.39 bits per heavy atom. The van der Waals surface area contributed by atoms with Gasteiger partial charge in [-0.2, -0.15) is 5.26 Å². The molecule has 6 heteroatoms. The number of esters is 1. The number of alkyl halides is 1.